The average Bonchev–Trinajstić information content (AvgIpc) is 2.83. The van der Waals surface area contributed by atoms with Gasteiger partial charge in [0.05, 0.1) is 31.2 Å². The van der Waals surface area contributed by atoms with Gasteiger partial charge in [-0.3, -0.25) is 4.79 Å². The number of anilines is 1. The maximum absolute atomic E-state index is 14.0. The van der Waals surface area contributed by atoms with E-state index in [-0.39, 0.29) is 11.7 Å². The predicted octanol–water partition coefficient (Wildman–Crippen LogP) is 5.95. The van der Waals surface area contributed by atoms with Crippen molar-refractivity contribution in [2.24, 2.45) is 0 Å². The van der Waals surface area contributed by atoms with Crippen molar-refractivity contribution in [3.8, 4) is 22.9 Å². The summed E-state index contributed by atoms with van der Waals surface area (Å²) in [5.41, 5.74) is 1.91. The van der Waals surface area contributed by atoms with Gasteiger partial charge in [-0.05, 0) is 42.5 Å². The van der Waals surface area contributed by atoms with Gasteiger partial charge in [0, 0.05) is 21.5 Å². The molecule has 6 nitrogen and oxygen atoms in total. The second-order valence-electron chi connectivity index (χ2n) is 6.92. The monoisotopic (exact) mass is 527 g/mol. The summed E-state index contributed by atoms with van der Waals surface area (Å²) in [6.07, 6.45) is 0. The molecule has 0 aliphatic rings. The van der Waals surface area contributed by atoms with E-state index in [0.717, 1.165) is 10.0 Å². The molecule has 0 atom stereocenters. The Hall–Kier alpha value is -3.17. The number of hydrogen-bond acceptors (Lipinski definition) is 6. The molecule has 3 aromatic carbocycles. The Balaban J connectivity index is 1.60. The Kier molecular flexibility index (Phi) is 7.10. The number of amides is 1. The van der Waals surface area contributed by atoms with Crippen LogP contribution >= 0.6 is 27.7 Å². The van der Waals surface area contributed by atoms with Gasteiger partial charge in [0.1, 0.15) is 22.3 Å². The van der Waals surface area contributed by atoms with Gasteiger partial charge >= 0.3 is 0 Å². The molecular formula is C24H19BrFN3O3S. The minimum atomic E-state index is -0.394. The number of thioether (sulfide) groups is 1. The third-order valence-electron chi connectivity index (χ3n) is 4.75. The summed E-state index contributed by atoms with van der Waals surface area (Å²) in [6, 6.07) is 17.1. The molecule has 0 unspecified atom stereocenters. The van der Waals surface area contributed by atoms with Crippen molar-refractivity contribution in [2.75, 3.05) is 25.3 Å². The number of carbonyl (C=O) groups is 1. The first-order valence-corrected chi connectivity index (χ1v) is 11.6. The van der Waals surface area contributed by atoms with Crippen molar-refractivity contribution in [2.45, 2.75) is 5.03 Å². The van der Waals surface area contributed by atoms with Crippen LogP contribution in [0, 0.1) is 5.82 Å². The standard InChI is InChI=1S/C24H19BrFN3O3S/c1-31-17-8-10-21(32-2)20(12-17)27-22(30)13-33-24-18-11-16(26)7-9-19(18)28-23(29-24)14-3-5-15(25)6-4-14/h3-12H,13H2,1-2H3,(H,27,30). The number of ether oxygens (including phenoxy) is 2. The van der Waals surface area contributed by atoms with E-state index in [1.807, 2.05) is 24.3 Å². The van der Waals surface area contributed by atoms with Crippen LogP contribution in [0.25, 0.3) is 22.3 Å². The summed E-state index contributed by atoms with van der Waals surface area (Å²) in [4.78, 5) is 21.9. The van der Waals surface area contributed by atoms with Crippen LogP contribution in [0.4, 0.5) is 10.1 Å². The lowest BCUT2D eigenvalue weighted by molar-refractivity contribution is -0.113. The van der Waals surface area contributed by atoms with Gasteiger partial charge in [0.2, 0.25) is 5.91 Å². The molecule has 0 bridgehead atoms. The van der Waals surface area contributed by atoms with Crippen LogP contribution in [-0.2, 0) is 4.79 Å². The molecule has 0 saturated heterocycles. The molecule has 1 amide bonds. The van der Waals surface area contributed by atoms with Gasteiger partial charge in [-0.15, -0.1) is 0 Å². The van der Waals surface area contributed by atoms with Crippen LogP contribution in [0.5, 0.6) is 11.5 Å². The summed E-state index contributed by atoms with van der Waals surface area (Å²) in [6.45, 7) is 0. The Morgan fingerprint density at radius 2 is 1.82 bits per heavy atom. The van der Waals surface area contributed by atoms with Crippen LogP contribution in [0.15, 0.2) is 70.2 Å². The number of aromatic nitrogens is 2. The molecule has 1 N–H and O–H groups in total. The Morgan fingerprint density at radius 3 is 2.55 bits per heavy atom. The molecule has 9 heteroatoms. The van der Waals surface area contributed by atoms with E-state index < -0.39 is 5.82 Å². The van der Waals surface area contributed by atoms with Crippen molar-refractivity contribution >= 4 is 50.2 Å². The summed E-state index contributed by atoms with van der Waals surface area (Å²) < 4.78 is 25.4. The molecular weight excluding hydrogens is 509 g/mol. The van der Waals surface area contributed by atoms with E-state index in [1.165, 1.54) is 31.0 Å². The van der Waals surface area contributed by atoms with Gasteiger partial charge < -0.3 is 14.8 Å². The largest absolute Gasteiger partial charge is 0.497 e. The minimum Gasteiger partial charge on any atom is -0.497 e. The molecule has 168 valence electrons. The lowest BCUT2D eigenvalue weighted by Crippen LogP contribution is -2.15. The molecule has 1 heterocycles. The van der Waals surface area contributed by atoms with Gasteiger partial charge in [-0.25, -0.2) is 14.4 Å². The van der Waals surface area contributed by atoms with Gasteiger partial charge in [-0.1, -0.05) is 39.8 Å². The van der Waals surface area contributed by atoms with E-state index in [1.54, 1.807) is 31.4 Å². The first-order valence-electron chi connectivity index (χ1n) is 9.85. The molecule has 0 fully saturated rings. The number of hydrogen-bond donors (Lipinski definition) is 1. The highest BCUT2D eigenvalue weighted by atomic mass is 79.9. The van der Waals surface area contributed by atoms with E-state index >= 15 is 0 Å². The first-order chi connectivity index (χ1) is 16.0. The quantitative estimate of drug-likeness (QED) is 0.236. The first kappa shape index (κ1) is 23.0. The fourth-order valence-electron chi connectivity index (χ4n) is 3.14. The summed E-state index contributed by atoms with van der Waals surface area (Å²) in [5, 5.41) is 3.90. The number of fused-ring (bicyclic) bond motifs is 1. The van der Waals surface area contributed by atoms with Crippen molar-refractivity contribution < 1.29 is 18.7 Å². The number of methoxy groups -OCH3 is 2. The number of nitrogens with zero attached hydrogens (tertiary/aromatic N) is 2. The molecule has 1 aromatic heterocycles. The van der Waals surface area contributed by atoms with Gasteiger partial charge in [0.25, 0.3) is 0 Å². The minimum absolute atomic E-state index is 0.0583. The normalized spacial score (nSPS) is 10.8. The third-order valence-corrected chi connectivity index (χ3v) is 6.27. The van der Waals surface area contributed by atoms with E-state index in [9.17, 15) is 9.18 Å². The molecule has 0 saturated carbocycles. The fraction of sp³-hybridized carbons (Fsp3) is 0.125. The highest BCUT2D eigenvalue weighted by molar-refractivity contribution is 9.10. The highest BCUT2D eigenvalue weighted by Gasteiger charge is 2.14. The van der Waals surface area contributed by atoms with Crippen molar-refractivity contribution in [1.82, 2.24) is 9.97 Å². The second kappa shape index (κ2) is 10.2. The predicted molar refractivity (Wildman–Crippen MR) is 132 cm³/mol. The zero-order valence-electron chi connectivity index (χ0n) is 17.8. The van der Waals surface area contributed by atoms with Crippen LogP contribution < -0.4 is 14.8 Å². The summed E-state index contributed by atoms with van der Waals surface area (Å²) in [5.74, 6) is 1.01. The fourth-order valence-corrected chi connectivity index (χ4v) is 4.22. The van der Waals surface area contributed by atoms with Crippen molar-refractivity contribution in [1.29, 1.82) is 0 Å². The van der Waals surface area contributed by atoms with Crippen molar-refractivity contribution in [3.63, 3.8) is 0 Å². The zero-order valence-corrected chi connectivity index (χ0v) is 20.2. The van der Waals surface area contributed by atoms with E-state index in [4.69, 9.17) is 9.47 Å². The topological polar surface area (TPSA) is 73.3 Å². The number of nitrogens with one attached hydrogen (secondary N) is 1. The van der Waals surface area contributed by atoms with E-state index in [0.29, 0.717) is 38.9 Å². The maximum atomic E-state index is 14.0. The molecule has 0 aliphatic heterocycles. The average molecular weight is 528 g/mol. The Labute approximate surface area is 202 Å². The van der Waals surface area contributed by atoms with Crippen molar-refractivity contribution in [3.05, 3.63) is 71.0 Å². The lowest BCUT2D eigenvalue weighted by atomic mass is 10.2. The molecule has 0 radical (unpaired) electrons. The maximum Gasteiger partial charge on any atom is 0.234 e. The lowest BCUT2D eigenvalue weighted by Gasteiger charge is -2.12. The Bertz CT molecular complexity index is 1320. The molecule has 4 rings (SSSR count). The van der Waals surface area contributed by atoms with Crippen LogP contribution in [0.2, 0.25) is 0 Å². The molecule has 33 heavy (non-hydrogen) atoms. The molecule has 4 aromatic rings. The Morgan fingerprint density at radius 1 is 1.03 bits per heavy atom. The second-order valence-corrected chi connectivity index (χ2v) is 8.80. The van der Waals surface area contributed by atoms with Gasteiger partial charge in [0.15, 0.2) is 5.82 Å². The number of halogens is 2. The number of rotatable bonds is 7. The van der Waals surface area contributed by atoms with Crippen LogP contribution in [0.1, 0.15) is 0 Å². The highest BCUT2D eigenvalue weighted by Crippen LogP contribution is 2.31. The third kappa shape index (κ3) is 5.43. The number of benzene rings is 3. The molecule has 0 spiro atoms. The van der Waals surface area contributed by atoms with E-state index in [2.05, 4.69) is 31.2 Å². The summed E-state index contributed by atoms with van der Waals surface area (Å²) in [7, 11) is 3.07. The SMILES string of the molecule is COc1ccc(OC)c(NC(=O)CSc2nc(-c3ccc(Br)cc3)nc3ccc(F)cc23)c1. The van der Waals surface area contributed by atoms with Crippen LogP contribution in [-0.4, -0.2) is 35.8 Å². The smallest absolute Gasteiger partial charge is 0.234 e. The molecule has 0 aliphatic carbocycles. The van der Waals surface area contributed by atoms with Gasteiger partial charge in [-0.2, -0.15) is 0 Å². The zero-order chi connectivity index (χ0) is 23.4. The van der Waals surface area contributed by atoms with Crippen LogP contribution in [0.3, 0.4) is 0 Å². The number of carbonyl (C=O) groups excluding carboxylic acids is 1. The summed E-state index contributed by atoms with van der Waals surface area (Å²) >= 11 is 4.63.